The lowest BCUT2D eigenvalue weighted by atomic mass is 9.87. The van der Waals surface area contributed by atoms with Crippen LogP contribution in [0.1, 0.15) is 40.2 Å². The highest BCUT2D eigenvalue weighted by Crippen LogP contribution is 2.23. The van der Waals surface area contributed by atoms with Gasteiger partial charge in [0.2, 0.25) is 0 Å². The second-order valence-corrected chi connectivity index (χ2v) is 5.39. The van der Waals surface area contributed by atoms with Crippen LogP contribution < -0.4 is 5.32 Å². The lowest BCUT2D eigenvalue weighted by molar-refractivity contribution is -0.112. The number of rotatable bonds is 3. The monoisotopic (exact) mass is 231 g/mol. The molecule has 0 aliphatic rings. The second-order valence-electron chi connectivity index (χ2n) is 5.39. The van der Waals surface area contributed by atoms with Crippen LogP contribution in [0.25, 0.3) is 0 Å². The summed E-state index contributed by atoms with van der Waals surface area (Å²) in [6.07, 6.45) is 1.59. The van der Waals surface area contributed by atoms with E-state index in [1.165, 1.54) is 5.56 Å². The van der Waals surface area contributed by atoms with Crippen molar-refractivity contribution in [3.63, 3.8) is 0 Å². The molecule has 1 rings (SSSR count). The van der Waals surface area contributed by atoms with Gasteiger partial charge in [-0.25, -0.2) is 0 Å². The molecule has 0 unspecified atom stereocenters. The van der Waals surface area contributed by atoms with Crippen LogP contribution in [0.4, 0.5) is 5.69 Å². The first-order valence-corrected chi connectivity index (χ1v) is 5.85. The average molecular weight is 231 g/mol. The third-order valence-electron chi connectivity index (χ3n) is 2.51. The van der Waals surface area contributed by atoms with Crippen LogP contribution in [0.15, 0.2) is 36.0 Å². The standard InChI is InChI=1S/C15H21NO/c1-11(10-12(2)17)16-14-8-6-13(7-9-14)15(3,4)5/h6-10,16H,1-5H3/b11-10+. The number of ketones is 1. The first kappa shape index (κ1) is 13.5. The topological polar surface area (TPSA) is 29.1 Å². The summed E-state index contributed by atoms with van der Waals surface area (Å²) < 4.78 is 0. The van der Waals surface area contributed by atoms with Gasteiger partial charge in [0.05, 0.1) is 0 Å². The molecule has 1 aromatic carbocycles. The lowest BCUT2D eigenvalue weighted by Gasteiger charge is -2.19. The van der Waals surface area contributed by atoms with Gasteiger partial charge in [0, 0.05) is 11.4 Å². The number of allylic oxidation sites excluding steroid dienone is 2. The summed E-state index contributed by atoms with van der Waals surface area (Å²) in [5, 5.41) is 3.19. The van der Waals surface area contributed by atoms with E-state index in [2.05, 4.69) is 38.2 Å². The van der Waals surface area contributed by atoms with E-state index in [9.17, 15) is 4.79 Å². The second kappa shape index (κ2) is 5.17. The Morgan fingerprint density at radius 1 is 1.12 bits per heavy atom. The summed E-state index contributed by atoms with van der Waals surface area (Å²) in [4.78, 5) is 10.9. The van der Waals surface area contributed by atoms with Gasteiger partial charge in [-0.15, -0.1) is 0 Å². The molecule has 0 heterocycles. The predicted octanol–water partition coefficient (Wildman–Crippen LogP) is 3.89. The van der Waals surface area contributed by atoms with Crippen molar-refractivity contribution in [1.29, 1.82) is 0 Å². The number of carbonyl (C=O) groups excluding carboxylic acids is 1. The SMILES string of the molecule is CC(=O)/C=C(\C)Nc1ccc(C(C)(C)C)cc1. The predicted molar refractivity (Wildman–Crippen MR) is 73.2 cm³/mol. The molecule has 1 aromatic rings. The number of nitrogens with one attached hydrogen (secondary N) is 1. The van der Waals surface area contributed by atoms with Crippen molar-refractivity contribution in [2.45, 2.75) is 40.0 Å². The van der Waals surface area contributed by atoms with Crippen molar-refractivity contribution in [1.82, 2.24) is 0 Å². The molecule has 0 saturated heterocycles. The van der Waals surface area contributed by atoms with Gasteiger partial charge in [-0.05, 0) is 43.0 Å². The van der Waals surface area contributed by atoms with Crippen molar-refractivity contribution in [3.8, 4) is 0 Å². The van der Waals surface area contributed by atoms with Crippen molar-refractivity contribution < 1.29 is 4.79 Å². The molecule has 92 valence electrons. The largest absolute Gasteiger partial charge is 0.359 e. The Labute approximate surface area is 104 Å². The maximum atomic E-state index is 10.9. The minimum Gasteiger partial charge on any atom is -0.359 e. The Morgan fingerprint density at radius 3 is 2.06 bits per heavy atom. The molecule has 0 aromatic heterocycles. The van der Waals surface area contributed by atoms with E-state index in [0.717, 1.165) is 11.4 Å². The van der Waals surface area contributed by atoms with Crippen LogP contribution in [-0.2, 0) is 10.2 Å². The van der Waals surface area contributed by atoms with Crippen LogP contribution in [0.3, 0.4) is 0 Å². The summed E-state index contributed by atoms with van der Waals surface area (Å²) in [6.45, 7) is 10.0. The van der Waals surface area contributed by atoms with E-state index in [-0.39, 0.29) is 11.2 Å². The van der Waals surface area contributed by atoms with Gasteiger partial charge in [-0.3, -0.25) is 4.79 Å². The van der Waals surface area contributed by atoms with Crippen LogP contribution >= 0.6 is 0 Å². The number of benzene rings is 1. The van der Waals surface area contributed by atoms with Crippen molar-refractivity contribution >= 4 is 11.5 Å². The first-order valence-electron chi connectivity index (χ1n) is 5.85. The van der Waals surface area contributed by atoms with Gasteiger partial charge in [0.15, 0.2) is 5.78 Å². The molecule has 0 aliphatic heterocycles. The summed E-state index contributed by atoms with van der Waals surface area (Å²) in [7, 11) is 0. The quantitative estimate of drug-likeness (QED) is 0.800. The van der Waals surface area contributed by atoms with Crippen LogP contribution in [0.2, 0.25) is 0 Å². The van der Waals surface area contributed by atoms with Crippen LogP contribution in [0.5, 0.6) is 0 Å². The minimum absolute atomic E-state index is 0.0568. The molecule has 0 saturated carbocycles. The number of anilines is 1. The fourth-order valence-corrected chi connectivity index (χ4v) is 1.62. The van der Waals surface area contributed by atoms with E-state index in [0.29, 0.717) is 0 Å². The molecule has 0 atom stereocenters. The number of hydrogen-bond donors (Lipinski definition) is 1. The molecule has 0 aliphatic carbocycles. The third kappa shape index (κ3) is 4.43. The highest BCUT2D eigenvalue weighted by Gasteiger charge is 2.12. The van der Waals surface area contributed by atoms with Crippen molar-refractivity contribution in [2.24, 2.45) is 0 Å². The molecular weight excluding hydrogens is 210 g/mol. The summed E-state index contributed by atoms with van der Waals surface area (Å²) >= 11 is 0. The average Bonchev–Trinajstić information content (AvgIpc) is 2.15. The molecule has 17 heavy (non-hydrogen) atoms. The Hall–Kier alpha value is -1.57. The Morgan fingerprint density at radius 2 is 1.65 bits per heavy atom. The number of hydrogen-bond acceptors (Lipinski definition) is 2. The lowest BCUT2D eigenvalue weighted by Crippen LogP contribution is -2.10. The van der Waals surface area contributed by atoms with Gasteiger partial charge < -0.3 is 5.32 Å². The van der Waals surface area contributed by atoms with Crippen molar-refractivity contribution in [3.05, 3.63) is 41.6 Å². The minimum atomic E-state index is 0.0568. The fourth-order valence-electron chi connectivity index (χ4n) is 1.62. The molecule has 2 heteroatoms. The zero-order valence-corrected chi connectivity index (χ0v) is 11.3. The molecular formula is C15H21NO. The van der Waals surface area contributed by atoms with Crippen molar-refractivity contribution in [2.75, 3.05) is 5.32 Å². The maximum absolute atomic E-state index is 10.9. The van der Waals surface area contributed by atoms with Crippen LogP contribution in [-0.4, -0.2) is 5.78 Å². The Kier molecular flexibility index (Phi) is 4.11. The molecule has 0 radical (unpaired) electrons. The Balaban J connectivity index is 2.79. The Bertz CT molecular complexity index is 421. The third-order valence-corrected chi connectivity index (χ3v) is 2.51. The van der Waals surface area contributed by atoms with E-state index in [4.69, 9.17) is 0 Å². The summed E-state index contributed by atoms with van der Waals surface area (Å²) in [5.74, 6) is 0.0568. The molecule has 0 spiro atoms. The molecule has 0 amide bonds. The van der Waals surface area contributed by atoms with E-state index >= 15 is 0 Å². The molecule has 2 nitrogen and oxygen atoms in total. The fraction of sp³-hybridized carbons (Fsp3) is 0.400. The molecule has 0 bridgehead atoms. The molecule has 1 N–H and O–H groups in total. The normalized spacial score (nSPS) is 12.4. The van der Waals surface area contributed by atoms with Gasteiger partial charge in [-0.2, -0.15) is 0 Å². The zero-order valence-electron chi connectivity index (χ0n) is 11.3. The highest BCUT2D eigenvalue weighted by atomic mass is 16.1. The van der Waals surface area contributed by atoms with E-state index in [1.54, 1.807) is 13.0 Å². The number of carbonyl (C=O) groups is 1. The highest BCUT2D eigenvalue weighted by molar-refractivity contribution is 5.88. The summed E-state index contributed by atoms with van der Waals surface area (Å²) in [6, 6.07) is 8.31. The smallest absolute Gasteiger partial charge is 0.154 e. The van der Waals surface area contributed by atoms with Gasteiger partial charge in [0.25, 0.3) is 0 Å². The van der Waals surface area contributed by atoms with E-state index in [1.807, 2.05) is 19.1 Å². The maximum Gasteiger partial charge on any atom is 0.154 e. The zero-order chi connectivity index (χ0) is 13.1. The summed E-state index contributed by atoms with van der Waals surface area (Å²) in [5.41, 5.74) is 3.34. The van der Waals surface area contributed by atoms with Crippen LogP contribution in [0, 0.1) is 0 Å². The van der Waals surface area contributed by atoms with Gasteiger partial charge in [0.1, 0.15) is 0 Å². The van der Waals surface area contributed by atoms with Gasteiger partial charge >= 0.3 is 0 Å². The van der Waals surface area contributed by atoms with E-state index < -0.39 is 0 Å². The molecule has 0 fully saturated rings. The van der Waals surface area contributed by atoms with Gasteiger partial charge in [-0.1, -0.05) is 32.9 Å². The first-order chi connectivity index (χ1) is 7.79.